The Morgan fingerprint density at radius 3 is 2.40 bits per heavy atom. The predicted molar refractivity (Wildman–Crippen MR) is 62.9 cm³/mol. The van der Waals surface area contributed by atoms with Crippen LogP contribution in [0.1, 0.15) is 12.5 Å². The minimum atomic E-state index is 0.830. The Balaban J connectivity index is 1.60. The lowest BCUT2D eigenvalue weighted by Gasteiger charge is -2.18. The van der Waals surface area contributed by atoms with Crippen LogP contribution in [0.4, 0.5) is 0 Å². The van der Waals surface area contributed by atoms with Crippen LogP contribution in [-0.4, -0.2) is 18.0 Å². The molecule has 1 saturated heterocycles. The van der Waals surface area contributed by atoms with Crippen LogP contribution in [-0.2, 0) is 6.54 Å². The molecule has 80 valence electrons. The molecule has 0 spiro atoms. The van der Waals surface area contributed by atoms with Crippen LogP contribution in [0.25, 0.3) is 0 Å². The van der Waals surface area contributed by atoms with Crippen LogP contribution in [0.3, 0.4) is 0 Å². The summed E-state index contributed by atoms with van der Waals surface area (Å²) in [6.45, 7) is 6.08. The molecule has 2 unspecified atom stereocenters. The number of fused-ring (bicyclic) bond motifs is 1. The van der Waals surface area contributed by atoms with Crippen molar-refractivity contribution in [3.05, 3.63) is 34.9 Å². The fourth-order valence-electron chi connectivity index (χ4n) is 2.89. The third kappa shape index (κ3) is 1.79. The van der Waals surface area contributed by atoms with E-state index < -0.39 is 0 Å². The molecule has 1 aliphatic carbocycles. The summed E-state index contributed by atoms with van der Waals surface area (Å²) in [5.41, 5.74) is 1.38. The quantitative estimate of drug-likeness (QED) is 0.742. The summed E-state index contributed by atoms with van der Waals surface area (Å²) in [5.74, 6) is 2.99. The van der Waals surface area contributed by atoms with E-state index in [2.05, 4.69) is 24.0 Å². The molecule has 2 atom stereocenters. The summed E-state index contributed by atoms with van der Waals surface area (Å²) < 4.78 is 0. The number of halogens is 1. The summed E-state index contributed by atoms with van der Waals surface area (Å²) in [6, 6.07) is 8.23. The molecule has 0 N–H and O–H groups in total. The van der Waals surface area contributed by atoms with Gasteiger partial charge in [0.25, 0.3) is 0 Å². The number of likely N-dealkylation sites (tertiary alicyclic amines) is 1. The maximum Gasteiger partial charge on any atom is 0.0406 e. The van der Waals surface area contributed by atoms with Gasteiger partial charge in [-0.1, -0.05) is 30.7 Å². The zero-order valence-electron chi connectivity index (χ0n) is 8.99. The Bertz CT molecular complexity index is 347. The zero-order valence-corrected chi connectivity index (χ0v) is 9.74. The fourth-order valence-corrected chi connectivity index (χ4v) is 3.01. The van der Waals surface area contributed by atoms with Crippen molar-refractivity contribution < 1.29 is 0 Å². The van der Waals surface area contributed by atoms with E-state index in [1.54, 1.807) is 0 Å². The number of nitrogens with zero attached hydrogens (tertiary/aromatic N) is 1. The Hall–Kier alpha value is -0.530. The molecular weight excluding hydrogens is 206 g/mol. The molecule has 1 heterocycles. The van der Waals surface area contributed by atoms with Gasteiger partial charge < -0.3 is 0 Å². The van der Waals surface area contributed by atoms with Gasteiger partial charge in [-0.05, 0) is 35.4 Å². The second kappa shape index (κ2) is 3.50. The van der Waals surface area contributed by atoms with Crippen molar-refractivity contribution in [1.82, 2.24) is 4.90 Å². The lowest BCUT2D eigenvalue weighted by atomic mass is 10.2. The topological polar surface area (TPSA) is 3.24 Å². The number of rotatable bonds is 2. The van der Waals surface area contributed by atoms with E-state index in [1.807, 2.05) is 12.1 Å². The molecule has 1 saturated carbocycles. The molecule has 3 rings (SSSR count). The Labute approximate surface area is 96.0 Å². The van der Waals surface area contributed by atoms with E-state index in [0.717, 1.165) is 29.3 Å². The maximum absolute atomic E-state index is 5.86. The molecular formula is C13H16ClN. The highest BCUT2D eigenvalue weighted by Crippen LogP contribution is 2.51. The molecule has 0 amide bonds. The van der Waals surface area contributed by atoms with Gasteiger partial charge in [-0.15, -0.1) is 0 Å². The molecule has 0 bridgehead atoms. The first-order valence-electron chi connectivity index (χ1n) is 5.71. The molecule has 2 aliphatic rings. The molecule has 1 aromatic rings. The van der Waals surface area contributed by atoms with E-state index in [4.69, 9.17) is 11.6 Å². The van der Waals surface area contributed by atoms with E-state index in [-0.39, 0.29) is 0 Å². The molecule has 1 aliphatic heterocycles. The molecule has 2 fully saturated rings. The third-order valence-electron chi connectivity index (χ3n) is 4.02. The highest BCUT2D eigenvalue weighted by molar-refractivity contribution is 6.30. The first-order valence-corrected chi connectivity index (χ1v) is 6.08. The molecule has 1 nitrogen and oxygen atoms in total. The first-order chi connectivity index (χ1) is 7.24. The largest absolute Gasteiger partial charge is 0.298 e. The highest BCUT2D eigenvalue weighted by atomic mass is 35.5. The van der Waals surface area contributed by atoms with Gasteiger partial charge in [-0.25, -0.2) is 0 Å². The third-order valence-corrected chi connectivity index (χ3v) is 4.27. The van der Waals surface area contributed by atoms with Crippen molar-refractivity contribution in [2.75, 3.05) is 13.1 Å². The van der Waals surface area contributed by atoms with E-state index in [0.29, 0.717) is 0 Å². The van der Waals surface area contributed by atoms with Gasteiger partial charge in [0.1, 0.15) is 0 Å². The van der Waals surface area contributed by atoms with Crippen LogP contribution < -0.4 is 0 Å². The van der Waals surface area contributed by atoms with Crippen LogP contribution in [0.5, 0.6) is 0 Å². The number of hydrogen-bond donors (Lipinski definition) is 0. The van der Waals surface area contributed by atoms with Crippen molar-refractivity contribution >= 4 is 11.6 Å². The molecule has 15 heavy (non-hydrogen) atoms. The lowest BCUT2D eigenvalue weighted by Crippen LogP contribution is -2.23. The number of piperidine rings is 1. The Morgan fingerprint density at radius 2 is 1.80 bits per heavy atom. The number of hydrogen-bond acceptors (Lipinski definition) is 1. The Kier molecular flexibility index (Phi) is 2.26. The first kappa shape index (κ1) is 9.68. The fraction of sp³-hybridized carbons (Fsp3) is 0.538. The molecule has 0 radical (unpaired) electrons. The van der Waals surface area contributed by atoms with Crippen LogP contribution in [0.2, 0.25) is 5.02 Å². The predicted octanol–water partition coefficient (Wildman–Crippen LogP) is 3.04. The van der Waals surface area contributed by atoms with Gasteiger partial charge in [0.2, 0.25) is 0 Å². The molecule has 2 heteroatoms. The monoisotopic (exact) mass is 221 g/mol. The minimum absolute atomic E-state index is 0.830. The van der Waals surface area contributed by atoms with Crippen LogP contribution in [0.15, 0.2) is 24.3 Å². The van der Waals surface area contributed by atoms with Gasteiger partial charge in [0.05, 0.1) is 0 Å². The summed E-state index contributed by atoms with van der Waals surface area (Å²) >= 11 is 5.86. The molecule has 1 aromatic carbocycles. The normalized spacial score (nSPS) is 34.1. The summed E-state index contributed by atoms with van der Waals surface area (Å²) in [7, 11) is 0. The average Bonchev–Trinajstić information content (AvgIpc) is 2.66. The summed E-state index contributed by atoms with van der Waals surface area (Å²) in [5, 5.41) is 0.830. The maximum atomic E-state index is 5.86. The van der Waals surface area contributed by atoms with Gasteiger partial charge >= 0.3 is 0 Å². The van der Waals surface area contributed by atoms with Gasteiger partial charge in [0.15, 0.2) is 0 Å². The standard InChI is InChI=1S/C13H16ClN/c1-9-12-7-15(8-13(9)12)6-10-2-4-11(14)5-3-10/h2-5,9,12-13H,6-8H2,1H3. The zero-order chi connectivity index (χ0) is 10.4. The van der Waals surface area contributed by atoms with Gasteiger partial charge in [-0.2, -0.15) is 0 Å². The summed E-state index contributed by atoms with van der Waals surface area (Å²) in [6.07, 6.45) is 0. The second-order valence-electron chi connectivity index (χ2n) is 5.01. The van der Waals surface area contributed by atoms with Crippen molar-refractivity contribution in [3.8, 4) is 0 Å². The smallest absolute Gasteiger partial charge is 0.0406 e. The average molecular weight is 222 g/mol. The lowest BCUT2D eigenvalue weighted by molar-refractivity contribution is 0.281. The SMILES string of the molecule is CC1C2CN(Cc3ccc(Cl)cc3)CC12. The Morgan fingerprint density at radius 1 is 1.20 bits per heavy atom. The minimum Gasteiger partial charge on any atom is -0.298 e. The van der Waals surface area contributed by atoms with Crippen molar-refractivity contribution in [2.24, 2.45) is 17.8 Å². The van der Waals surface area contributed by atoms with Crippen LogP contribution in [0, 0.1) is 17.8 Å². The van der Waals surface area contributed by atoms with E-state index >= 15 is 0 Å². The summed E-state index contributed by atoms with van der Waals surface area (Å²) in [4.78, 5) is 2.57. The second-order valence-corrected chi connectivity index (χ2v) is 5.44. The van der Waals surface area contributed by atoms with Crippen molar-refractivity contribution in [1.29, 1.82) is 0 Å². The van der Waals surface area contributed by atoms with Gasteiger partial charge in [0, 0.05) is 24.7 Å². The van der Waals surface area contributed by atoms with Crippen molar-refractivity contribution in [3.63, 3.8) is 0 Å². The van der Waals surface area contributed by atoms with Crippen molar-refractivity contribution in [2.45, 2.75) is 13.5 Å². The van der Waals surface area contributed by atoms with Gasteiger partial charge in [-0.3, -0.25) is 4.90 Å². The highest BCUT2D eigenvalue weighted by Gasteiger charge is 2.52. The van der Waals surface area contributed by atoms with E-state index in [9.17, 15) is 0 Å². The van der Waals surface area contributed by atoms with Crippen LogP contribution >= 0.6 is 11.6 Å². The van der Waals surface area contributed by atoms with E-state index in [1.165, 1.54) is 18.7 Å². The number of benzene rings is 1. The molecule has 0 aromatic heterocycles.